The fourth-order valence-electron chi connectivity index (χ4n) is 2.66. The van der Waals surface area contributed by atoms with Crippen LogP contribution < -0.4 is 9.80 Å². The minimum Gasteiger partial charge on any atom is -0.367 e. The molecule has 1 fully saturated rings. The number of likely N-dealkylation sites (N-methyl/N-ethyl adjacent to an activating group) is 1. The van der Waals surface area contributed by atoms with E-state index < -0.39 is 0 Å². The lowest BCUT2D eigenvalue weighted by Crippen LogP contribution is -2.44. The van der Waals surface area contributed by atoms with E-state index in [0.717, 1.165) is 31.9 Å². The molecule has 0 aliphatic carbocycles. The van der Waals surface area contributed by atoms with Gasteiger partial charge in [-0.25, -0.2) is 9.38 Å². The second kappa shape index (κ2) is 8.06. The number of piperazine rings is 1. The molecule has 1 aromatic carbocycles. The quantitative estimate of drug-likeness (QED) is 0.368. The first kappa shape index (κ1) is 18.1. The minimum absolute atomic E-state index is 0.225. The number of rotatable bonds is 4. The maximum absolute atomic E-state index is 14.6. The maximum Gasteiger partial charge on any atom is 0.148 e. The Bertz CT molecular complexity index is 648. The van der Waals surface area contributed by atoms with Crippen molar-refractivity contribution in [2.75, 3.05) is 50.1 Å². The van der Waals surface area contributed by atoms with Crippen LogP contribution in [-0.2, 0) is 4.79 Å². The predicted octanol–water partition coefficient (Wildman–Crippen LogP) is 2.53. The molecule has 6 heteroatoms. The first-order valence-corrected chi connectivity index (χ1v) is 8.06. The lowest BCUT2D eigenvalue weighted by Gasteiger charge is -2.34. The molecule has 0 atom stereocenters. The SMILES string of the molecule is CC(=N/C(C)=C\C=O)N(C)c1ccc(N2CCN(C)CC2)c(F)c1. The maximum atomic E-state index is 14.6. The van der Waals surface area contributed by atoms with Crippen LogP contribution in [0.4, 0.5) is 15.8 Å². The average Bonchev–Trinajstić information content (AvgIpc) is 2.55. The number of halogens is 1. The highest BCUT2D eigenvalue weighted by atomic mass is 19.1. The van der Waals surface area contributed by atoms with Gasteiger partial charge in [-0.1, -0.05) is 0 Å². The molecule has 0 spiro atoms. The number of carbonyl (C=O) groups excluding carboxylic acids is 1. The zero-order valence-electron chi connectivity index (χ0n) is 14.8. The Kier molecular flexibility index (Phi) is 6.09. The predicted molar refractivity (Wildman–Crippen MR) is 97.4 cm³/mol. The largest absolute Gasteiger partial charge is 0.367 e. The standard InChI is InChI=1S/C18H25FN4O/c1-14(7-12-24)20-15(2)22(4)16-5-6-18(17(19)13-16)23-10-8-21(3)9-11-23/h5-7,12-13H,8-11H2,1-4H3/b14-7-,20-15?. The van der Waals surface area contributed by atoms with E-state index in [1.54, 1.807) is 11.8 Å². The van der Waals surface area contributed by atoms with Crippen LogP contribution >= 0.6 is 0 Å². The fraction of sp³-hybridized carbons (Fsp3) is 0.444. The third-order valence-electron chi connectivity index (χ3n) is 4.30. The summed E-state index contributed by atoms with van der Waals surface area (Å²) >= 11 is 0. The van der Waals surface area contributed by atoms with E-state index in [4.69, 9.17) is 0 Å². The lowest BCUT2D eigenvalue weighted by molar-refractivity contribution is -0.104. The van der Waals surface area contributed by atoms with Crippen LogP contribution in [-0.4, -0.2) is 57.3 Å². The molecular weight excluding hydrogens is 307 g/mol. The number of amidine groups is 1. The van der Waals surface area contributed by atoms with Crippen LogP contribution in [0.5, 0.6) is 0 Å². The van der Waals surface area contributed by atoms with Crippen molar-refractivity contribution >= 4 is 23.5 Å². The molecule has 1 aliphatic heterocycles. The van der Waals surface area contributed by atoms with Gasteiger partial charge in [-0.2, -0.15) is 0 Å². The molecule has 1 aliphatic rings. The number of anilines is 2. The second-order valence-electron chi connectivity index (χ2n) is 6.09. The monoisotopic (exact) mass is 332 g/mol. The Labute approximate surface area is 143 Å². The van der Waals surface area contributed by atoms with Crippen molar-refractivity contribution in [3.05, 3.63) is 35.8 Å². The summed E-state index contributed by atoms with van der Waals surface area (Å²) in [6.07, 6.45) is 2.10. The van der Waals surface area contributed by atoms with Gasteiger partial charge < -0.3 is 14.7 Å². The Morgan fingerprint density at radius 1 is 1.25 bits per heavy atom. The number of hydrogen-bond acceptors (Lipinski definition) is 4. The first-order valence-electron chi connectivity index (χ1n) is 8.06. The summed E-state index contributed by atoms with van der Waals surface area (Å²) in [5, 5.41) is 0. The van der Waals surface area contributed by atoms with Gasteiger partial charge >= 0.3 is 0 Å². The van der Waals surface area contributed by atoms with Crippen LogP contribution in [0.25, 0.3) is 0 Å². The molecule has 0 N–H and O–H groups in total. The average molecular weight is 332 g/mol. The van der Waals surface area contributed by atoms with Gasteiger partial charge in [0.2, 0.25) is 0 Å². The third kappa shape index (κ3) is 4.41. The highest BCUT2D eigenvalue weighted by molar-refractivity contribution is 5.96. The van der Waals surface area contributed by atoms with Crippen molar-refractivity contribution in [3.8, 4) is 0 Å². The molecule has 5 nitrogen and oxygen atoms in total. The molecule has 1 saturated heterocycles. The molecule has 2 rings (SSSR count). The Balaban J connectivity index is 2.16. The summed E-state index contributed by atoms with van der Waals surface area (Å²) < 4.78 is 14.6. The molecule has 0 amide bonds. The van der Waals surface area contributed by atoms with Crippen molar-refractivity contribution in [2.24, 2.45) is 4.99 Å². The first-order chi connectivity index (χ1) is 11.4. The van der Waals surface area contributed by atoms with Crippen LogP contribution in [0.1, 0.15) is 13.8 Å². The van der Waals surface area contributed by atoms with E-state index >= 15 is 0 Å². The van der Waals surface area contributed by atoms with Crippen LogP contribution in [0.15, 0.2) is 35.0 Å². The molecule has 0 saturated carbocycles. The number of aliphatic imine (C=N–C) groups is 1. The van der Waals surface area contributed by atoms with Crippen LogP contribution in [0.2, 0.25) is 0 Å². The van der Waals surface area contributed by atoms with Crippen molar-refractivity contribution in [2.45, 2.75) is 13.8 Å². The summed E-state index contributed by atoms with van der Waals surface area (Å²) in [6, 6.07) is 5.26. The van der Waals surface area contributed by atoms with Gasteiger partial charge in [-0.05, 0) is 45.2 Å². The Morgan fingerprint density at radius 2 is 1.92 bits per heavy atom. The van der Waals surface area contributed by atoms with Gasteiger partial charge in [0.05, 0.1) is 5.69 Å². The van der Waals surface area contributed by atoms with Gasteiger partial charge in [0.25, 0.3) is 0 Å². The molecule has 1 aromatic rings. The summed E-state index contributed by atoms with van der Waals surface area (Å²) in [4.78, 5) is 20.9. The topological polar surface area (TPSA) is 39.2 Å². The molecular formula is C18H25FN4O. The van der Waals surface area contributed by atoms with Gasteiger partial charge in [0.1, 0.15) is 17.9 Å². The molecule has 130 valence electrons. The van der Waals surface area contributed by atoms with E-state index in [1.165, 1.54) is 12.1 Å². The second-order valence-corrected chi connectivity index (χ2v) is 6.09. The molecule has 0 bridgehead atoms. The van der Waals surface area contributed by atoms with E-state index in [1.807, 2.05) is 26.1 Å². The fourth-order valence-corrected chi connectivity index (χ4v) is 2.66. The summed E-state index contributed by atoms with van der Waals surface area (Å²) in [5.41, 5.74) is 1.99. The minimum atomic E-state index is -0.225. The number of benzene rings is 1. The molecule has 0 radical (unpaired) electrons. The highest BCUT2D eigenvalue weighted by Crippen LogP contribution is 2.25. The smallest absolute Gasteiger partial charge is 0.148 e. The number of carbonyl (C=O) groups is 1. The van der Waals surface area contributed by atoms with Crippen LogP contribution in [0, 0.1) is 5.82 Å². The zero-order valence-corrected chi connectivity index (χ0v) is 14.8. The third-order valence-corrected chi connectivity index (χ3v) is 4.30. The number of aldehydes is 1. The summed E-state index contributed by atoms with van der Waals surface area (Å²) in [6.45, 7) is 7.12. The van der Waals surface area contributed by atoms with E-state index in [9.17, 15) is 9.18 Å². The van der Waals surface area contributed by atoms with Gasteiger partial charge in [0.15, 0.2) is 0 Å². The van der Waals surface area contributed by atoms with Gasteiger partial charge in [-0.3, -0.25) is 4.79 Å². The summed E-state index contributed by atoms with van der Waals surface area (Å²) in [5.74, 6) is 0.467. The van der Waals surface area contributed by atoms with Gasteiger partial charge in [0, 0.05) is 44.6 Å². The van der Waals surface area contributed by atoms with Crippen molar-refractivity contribution in [3.63, 3.8) is 0 Å². The van der Waals surface area contributed by atoms with Gasteiger partial charge in [-0.15, -0.1) is 0 Å². The molecule has 0 aromatic heterocycles. The Morgan fingerprint density at radius 3 is 2.50 bits per heavy atom. The number of nitrogens with zero attached hydrogens (tertiary/aromatic N) is 4. The lowest BCUT2D eigenvalue weighted by atomic mass is 10.2. The number of hydrogen-bond donors (Lipinski definition) is 0. The Hall–Kier alpha value is -2.21. The molecule has 1 heterocycles. The number of allylic oxidation sites excluding steroid dienone is 2. The van der Waals surface area contributed by atoms with Crippen molar-refractivity contribution < 1.29 is 9.18 Å². The van der Waals surface area contributed by atoms with Crippen molar-refractivity contribution in [1.82, 2.24) is 4.90 Å². The van der Waals surface area contributed by atoms with E-state index in [2.05, 4.69) is 21.8 Å². The zero-order chi connectivity index (χ0) is 17.7. The van der Waals surface area contributed by atoms with E-state index in [0.29, 0.717) is 23.5 Å². The molecule has 24 heavy (non-hydrogen) atoms. The van der Waals surface area contributed by atoms with E-state index in [-0.39, 0.29) is 5.82 Å². The highest BCUT2D eigenvalue weighted by Gasteiger charge is 2.18. The van der Waals surface area contributed by atoms with Crippen molar-refractivity contribution in [1.29, 1.82) is 0 Å². The summed E-state index contributed by atoms with van der Waals surface area (Å²) in [7, 11) is 3.91. The van der Waals surface area contributed by atoms with Crippen LogP contribution in [0.3, 0.4) is 0 Å². The normalized spacial score (nSPS) is 17.1. The molecule has 0 unspecified atom stereocenters.